The number of hydrogen-bond acceptors (Lipinski definition) is 2. The summed E-state index contributed by atoms with van der Waals surface area (Å²) in [5, 5.41) is 8.36. The van der Waals surface area contributed by atoms with Gasteiger partial charge in [0.05, 0.1) is 11.3 Å². The molecule has 0 amide bonds. The third-order valence-electron chi connectivity index (χ3n) is 2.09. The average molecular weight is 290 g/mol. The van der Waals surface area contributed by atoms with Gasteiger partial charge in [0.15, 0.2) is 11.6 Å². The minimum Gasteiger partial charge on any atom is -0.395 e. The van der Waals surface area contributed by atoms with Gasteiger partial charge in [0.25, 0.3) is 0 Å². The van der Waals surface area contributed by atoms with Crippen LogP contribution in [0.1, 0.15) is 16.7 Å². The molecule has 0 radical (unpaired) electrons. The Morgan fingerprint density at radius 3 is 1.58 bits per heavy atom. The van der Waals surface area contributed by atoms with Crippen molar-refractivity contribution >= 4 is 5.69 Å². The molecule has 1 aromatic rings. The molecule has 0 bridgehead atoms. The molecule has 2 N–H and O–H groups in total. The standard InChI is InChI=1S/C9H2F8N2/c10-5-3(8(12,13)14)2(1-18)7(19)6(11)4(5)9(15,16)17/h19H2. The van der Waals surface area contributed by atoms with E-state index in [1.54, 1.807) is 0 Å². The zero-order valence-electron chi connectivity index (χ0n) is 8.55. The lowest BCUT2D eigenvalue weighted by Gasteiger charge is -2.17. The second kappa shape index (κ2) is 4.25. The molecule has 104 valence electrons. The fourth-order valence-electron chi connectivity index (χ4n) is 1.34. The summed E-state index contributed by atoms with van der Waals surface area (Å²) in [5.41, 5.74) is -4.06. The summed E-state index contributed by atoms with van der Waals surface area (Å²) in [6, 6.07) is 0.738. The van der Waals surface area contributed by atoms with Crippen molar-refractivity contribution in [3.8, 4) is 6.07 Å². The lowest BCUT2D eigenvalue weighted by molar-refractivity contribution is -0.149. The predicted molar refractivity (Wildman–Crippen MR) is 45.5 cm³/mol. The largest absolute Gasteiger partial charge is 0.422 e. The molecular formula is C9H2F8N2. The van der Waals surface area contributed by atoms with Crippen LogP contribution in [0.25, 0.3) is 0 Å². The molecule has 0 aromatic heterocycles. The molecule has 0 fully saturated rings. The van der Waals surface area contributed by atoms with E-state index in [0.717, 1.165) is 6.07 Å². The molecular weight excluding hydrogens is 288 g/mol. The number of nitrogens with zero attached hydrogens (tertiary/aromatic N) is 1. The van der Waals surface area contributed by atoms with E-state index in [9.17, 15) is 35.1 Å². The quantitative estimate of drug-likeness (QED) is 0.587. The first kappa shape index (κ1) is 15.0. The van der Waals surface area contributed by atoms with Gasteiger partial charge in [-0.1, -0.05) is 0 Å². The number of nitrogens with two attached hydrogens (primary N) is 1. The van der Waals surface area contributed by atoms with Gasteiger partial charge in [-0.25, -0.2) is 8.78 Å². The van der Waals surface area contributed by atoms with Crippen molar-refractivity contribution in [1.82, 2.24) is 0 Å². The number of nitrogen functional groups attached to an aromatic ring is 1. The molecule has 0 aliphatic carbocycles. The molecule has 0 heterocycles. The summed E-state index contributed by atoms with van der Waals surface area (Å²) in [5.74, 6) is -5.36. The van der Waals surface area contributed by atoms with Crippen molar-refractivity contribution in [3.63, 3.8) is 0 Å². The molecule has 10 heteroatoms. The molecule has 0 atom stereocenters. The van der Waals surface area contributed by atoms with Crippen LogP contribution in [0.4, 0.5) is 40.8 Å². The van der Waals surface area contributed by atoms with Crippen LogP contribution in [-0.2, 0) is 12.4 Å². The number of anilines is 1. The monoisotopic (exact) mass is 290 g/mol. The average Bonchev–Trinajstić information content (AvgIpc) is 2.19. The molecule has 1 rings (SSSR count). The summed E-state index contributed by atoms with van der Waals surface area (Å²) < 4.78 is 101. The van der Waals surface area contributed by atoms with E-state index < -0.39 is 46.4 Å². The van der Waals surface area contributed by atoms with E-state index in [2.05, 4.69) is 0 Å². The maximum absolute atomic E-state index is 13.3. The van der Waals surface area contributed by atoms with Gasteiger partial charge >= 0.3 is 12.4 Å². The van der Waals surface area contributed by atoms with E-state index in [1.807, 2.05) is 0 Å². The first-order chi connectivity index (χ1) is 8.42. The van der Waals surface area contributed by atoms with E-state index in [0.29, 0.717) is 0 Å². The van der Waals surface area contributed by atoms with Gasteiger partial charge in [-0.2, -0.15) is 31.6 Å². The van der Waals surface area contributed by atoms with Crippen molar-refractivity contribution in [2.75, 3.05) is 5.73 Å². The first-order valence-corrected chi connectivity index (χ1v) is 4.27. The van der Waals surface area contributed by atoms with Crippen LogP contribution in [-0.4, -0.2) is 0 Å². The Hall–Kier alpha value is -2.05. The lowest BCUT2D eigenvalue weighted by Crippen LogP contribution is -2.21. The van der Waals surface area contributed by atoms with Gasteiger partial charge in [0.1, 0.15) is 17.2 Å². The van der Waals surface area contributed by atoms with Crippen molar-refractivity contribution < 1.29 is 35.1 Å². The predicted octanol–water partition coefficient (Wildman–Crippen LogP) is 3.46. The van der Waals surface area contributed by atoms with Gasteiger partial charge in [-0.15, -0.1) is 0 Å². The molecule has 0 aliphatic heterocycles. The van der Waals surface area contributed by atoms with Crippen LogP contribution < -0.4 is 5.73 Å². The van der Waals surface area contributed by atoms with Crippen LogP contribution in [0.5, 0.6) is 0 Å². The highest BCUT2D eigenvalue weighted by molar-refractivity contribution is 5.62. The minimum atomic E-state index is -5.73. The Bertz CT molecular complexity index is 564. The zero-order valence-corrected chi connectivity index (χ0v) is 8.55. The number of rotatable bonds is 0. The Balaban J connectivity index is 3.95. The number of alkyl halides is 6. The third kappa shape index (κ3) is 2.40. The summed E-state index contributed by atoms with van der Waals surface area (Å²) >= 11 is 0. The van der Waals surface area contributed by atoms with E-state index in [1.165, 1.54) is 0 Å². The normalized spacial score (nSPS) is 12.4. The molecule has 0 spiro atoms. The van der Waals surface area contributed by atoms with Gasteiger partial charge in [-0.3, -0.25) is 0 Å². The second-order valence-electron chi connectivity index (χ2n) is 3.27. The maximum Gasteiger partial charge on any atom is 0.422 e. The number of nitriles is 1. The van der Waals surface area contributed by atoms with Gasteiger partial charge in [0.2, 0.25) is 0 Å². The van der Waals surface area contributed by atoms with Crippen molar-refractivity contribution in [3.05, 3.63) is 28.3 Å². The topological polar surface area (TPSA) is 49.8 Å². The Morgan fingerprint density at radius 2 is 1.26 bits per heavy atom. The summed E-state index contributed by atoms with van der Waals surface area (Å²) in [6.07, 6.45) is -11.4. The molecule has 0 aliphatic rings. The Labute approximate surface area is 99.6 Å². The Kier molecular flexibility index (Phi) is 3.36. The number of benzene rings is 1. The maximum atomic E-state index is 13.3. The number of hydrogen-bond donors (Lipinski definition) is 1. The highest BCUT2D eigenvalue weighted by Crippen LogP contribution is 2.43. The second-order valence-corrected chi connectivity index (χ2v) is 3.27. The zero-order chi connectivity index (χ0) is 15.2. The molecule has 2 nitrogen and oxygen atoms in total. The summed E-state index contributed by atoms with van der Waals surface area (Å²) in [7, 11) is 0. The minimum absolute atomic E-state index is 0.738. The summed E-state index contributed by atoms with van der Waals surface area (Å²) in [6.45, 7) is 0. The van der Waals surface area contributed by atoms with E-state index in [4.69, 9.17) is 11.0 Å². The highest BCUT2D eigenvalue weighted by Gasteiger charge is 2.47. The van der Waals surface area contributed by atoms with E-state index in [-0.39, 0.29) is 0 Å². The van der Waals surface area contributed by atoms with Crippen LogP contribution >= 0.6 is 0 Å². The fraction of sp³-hybridized carbons (Fsp3) is 0.222. The van der Waals surface area contributed by atoms with Gasteiger partial charge in [0, 0.05) is 0 Å². The Morgan fingerprint density at radius 1 is 0.842 bits per heavy atom. The summed E-state index contributed by atoms with van der Waals surface area (Å²) in [4.78, 5) is 0. The van der Waals surface area contributed by atoms with Gasteiger partial charge in [-0.05, 0) is 0 Å². The van der Waals surface area contributed by atoms with Crippen LogP contribution in [0, 0.1) is 23.0 Å². The lowest BCUT2D eigenvalue weighted by atomic mass is 9.99. The van der Waals surface area contributed by atoms with Crippen LogP contribution in [0.3, 0.4) is 0 Å². The van der Waals surface area contributed by atoms with Gasteiger partial charge < -0.3 is 5.73 Å². The van der Waals surface area contributed by atoms with Crippen LogP contribution in [0.2, 0.25) is 0 Å². The first-order valence-electron chi connectivity index (χ1n) is 4.27. The van der Waals surface area contributed by atoms with Crippen molar-refractivity contribution in [2.45, 2.75) is 12.4 Å². The fourth-order valence-corrected chi connectivity index (χ4v) is 1.34. The molecule has 0 saturated heterocycles. The molecule has 0 saturated carbocycles. The van der Waals surface area contributed by atoms with Crippen LogP contribution in [0.15, 0.2) is 0 Å². The SMILES string of the molecule is N#Cc1c(N)c(F)c(C(F)(F)F)c(F)c1C(F)(F)F. The van der Waals surface area contributed by atoms with Crippen molar-refractivity contribution in [2.24, 2.45) is 0 Å². The number of halogens is 8. The molecule has 1 aromatic carbocycles. The molecule has 19 heavy (non-hydrogen) atoms. The highest BCUT2D eigenvalue weighted by atomic mass is 19.4. The third-order valence-corrected chi connectivity index (χ3v) is 2.09. The smallest absolute Gasteiger partial charge is 0.395 e. The molecule has 0 unspecified atom stereocenters. The van der Waals surface area contributed by atoms with Crippen molar-refractivity contribution in [1.29, 1.82) is 5.26 Å². The van der Waals surface area contributed by atoms with E-state index >= 15 is 0 Å².